The minimum absolute atomic E-state index is 0.00306. The molecule has 0 saturated heterocycles. The van der Waals surface area contributed by atoms with Gasteiger partial charge in [-0.25, -0.2) is 17.1 Å². The molecule has 0 saturated carbocycles. The highest BCUT2D eigenvalue weighted by atomic mass is 32.2. The summed E-state index contributed by atoms with van der Waals surface area (Å²) in [4.78, 5) is 11.0. The Hall–Kier alpha value is -1.47. The van der Waals surface area contributed by atoms with Gasteiger partial charge >= 0.3 is 0 Å². The van der Waals surface area contributed by atoms with E-state index >= 15 is 0 Å². The Balaban J connectivity index is 2.80. The molecule has 7 heteroatoms. The maximum Gasteiger partial charge on any atom is 0.242 e. The summed E-state index contributed by atoms with van der Waals surface area (Å²) >= 11 is 0. The van der Waals surface area contributed by atoms with Gasteiger partial charge in [0.2, 0.25) is 15.9 Å². The molecule has 5 nitrogen and oxygen atoms in total. The molecule has 0 aliphatic carbocycles. The van der Waals surface area contributed by atoms with Crippen LogP contribution in [0.1, 0.15) is 6.42 Å². The summed E-state index contributed by atoms with van der Waals surface area (Å²) < 4.78 is 37.8. The molecule has 100 valence electrons. The van der Waals surface area contributed by atoms with Gasteiger partial charge in [0.25, 0.3) is 0 Å². The fourth-order valence-corrected chi connectivity index (χ4v) is 2.46. The second-order valence-electron chi connectivity index (χ2n) is 3.70. The number of carbonyl (C=O) groups excluding carboxylic acids is 1. The SMILES string of the molecule is CNC(=O)CCN(C)S(=O)(=O)c1ccc(F)cc1. The van der Waals surface area contributed by atoms with Gasteiger partial charge in [-0.05, 0) is 24.3 Å². The molecular formula is C11H15FN2O3S. The van der Waals surface area contributed by atoms with Crippen LogP contribution in [0.25, 0.3) is 0 Å². The van der Waals surface area contributed by atoms with Gasteiger partial charge in [-0.3, -0.25) is 4.79 Å². The fraction of sp³-hybridized carbons (Fsp3) is 0.364. The smallest absolute Gasteiger partial charge is 0.242 e. The monoisotopic (exact) mass is 274 g/mol. The Labute approximate surface area is 106 Å². The van der Waals surface area contributed by atoms with Gasteiger partial charge in [0.1, 0.15) is 5.82 Å². The summed E-state index contributed by atoms with van der Waals surface area (Å²) in [6, 6.07) is 4.56. The van der Waals surface area contributed by atoms with E-state index in [9.17, 15) is 17.6 Å². The van der Waals surface area contributed by atoms with Crippen molar-refractivity contribution in [2.75, 3.05) is 20.6 Å². The highest BCUT2D eigenvalue weighted by Crippen LogP contribution is 2.14. The van der Waals surface area contributed by atoms with Crippen LogP contribution in [0, 0.1) is 5.82 Å². The van der Waals surface area contributed by atoms with E-state index in [1.165, 1.54) is 26.2 Å². The third kappa shape index (κ3) is 3.51. The topological polar surface area (TPSA) is 66.5 Å². The van der Waals surface area contributed by atoms with Crippen LogP contribution in [0.4, 0.5) is 4.39 Å². The summed E-state index contributed by atoms with van der Waals surface area (Å²) in [5.74, 6) is -0.738. The Morgan fingerprint density at radius 1 is 1.33 bits per heavy atom. The molecule has 0 aliphatic heterocycles. The molecule has 1 amide bonds. The summed E-state index contributed by atoms with van der Waals surface area (Å²) in [6.07, 6.45) is 0.0768. The van der Waals surface area contributed by atoms with Crippen LogP contribution in [0.3, 0.4) is 0 Å². The van der Waals surface area contributed by atoms with Crippen molar-refractivity contribution in [2.24, 2.45) is 0 Å². The molecule has 0 radical (unpaired) electrons. The van der Waals surface area contributed by atoms with Gasteiger partial charge < -0.3 is 5.32 Å². The van der Waals surface area contributed by atoms with Crippen LogP contribution < -0.4 is 5.32 Å². The van der Waals surface area contributed by atoms with Gasteiger partial charge in [-0.2, -0.15) is 0 Å². The van der Waals surface area contributed by atoms with Crippen molar-refractivity contribution in [2.45, 2.75) is 11.3 Å². The van der Waals surface area contributed by atoms with Crippen LogP contribution in [-0.2, 0) is 14.8 Å². The molecule has 1 aromatic rings. The van der Waals surface area contributed by atoms with Gasteiger partial charge in [0.05, 0.1) is 4.90 Å². The van der Waals surface area contributed by atoms with Gasteiger partial charge in [-0.15, -0.1) is 0 Å². The summed E-state index contributed by atoms with van der Waals surface area (Å²) in [6.45, 7) is 0.0688. The summed E-state index contributed by atoms with van der Waals surface area (Å²) in [7, 11) is -0.813. The van der Waals surface area contributed by atoms with Crippen molar-refractivity contribution >= 4 is 15.9 Å². The van der Waals surface area contributed by atoms with Crippen LogP contribution in [0.2, 0.25) is 0 Å². The number of rotatable bonds is 5. The summed E-state index contributed by atoms with van der Waals surface area (Å²) in [5.41, 5.74) is 0. The Kier molecular flexibility index (Phi) is 4.80. The second kappa shape index (κ2) is 5.92. The molecule has 18 heavy (non-hydrogen) atoms. The van der Waals surface area contributed by atoms with Crippen LogP contribution in [-0.4, -0.2) is 39.3 Å². The van der Waals surface area contributed by atoms with E-state index in [-0.39, 0.29) is 23.8 Å². The minimum atomic E-state index is -3.67. The molecule has 0 aromatic heterocycles. The number of sulfonamides is 1. The Morgan fingerprint density at radius 2 is 1.89 bits per heavy atom. The normalized spacial score (nSPS) is 11.6. The zero-order chi connectivity index (χ0) is 13.8. The number of amides is 1. The van der Waals surface area contributed by atoms with Gasteiger partial charge in [0.15, 0.2) is 0 Å². The standard InChI is InChI=1S/C11H15FN2O3S/c1-13-11(15)7-8-14(2)18(16,17)10-5-3-9(12)4-6-10/h3-6H,7-8H2,1-2H3,(H,13,15). The zero-order valence-electron chi connectivity index (χ0n) is 10.2. The first-order valence-corrected chi connectivity index (χ1v) is 6.74. The Bertz CT molecular complexity index is 514. The lowest BCUT2D eigenvalue weighted by atomic mass is 10.4. The number of hydrogen-bond donors (Lipinski definition) is 1. The van der Waals surface area contributed by atoms with E-state index in [0.29, 0.717) is 0 Å². The number of benzene rings is 1. The van der Waals surface area contributed by atoms with Crippen molar-refractivity contribution < 1.29 is 17.6 Å². The molecule has 1 rings (SSSR count). The molecule has 1 N–H and O–H groups in total. The molecule has 0 bridgehead atoms. The first-order valence-electron chi connectivity index (χ1n) is 5.30. The van der Waals surface area contributed by atoms with E-state index in [2.05, 4.69) is 5.32 Å². The lowest BCUT2D eigenvalue weighted by Gasteiger charge is -2.16. The molecule has 1 aromatic carbocycles. The zero-order valence-corrected chi connectivity index (χ0v) is 11.0. The molecule has 0 atom stereocenters. The third-order valence-corrected chi connectivity index (χ3v) is 4.33. The van der Waals surface area contributed by atoms with Crippen molar-refractivity contribution in [3.05, 3.63) is 30.1 Å². The number of carbonyl (C=O) groups is 1. The van der Waals surface area contributed by atoms with Crippen molar-refractivity contribution in [3.8, 4) is 0 Å². The molecule has 0 spiro atoms. The van der Waals surface area contributed by atoms with Crippen molar-refractivity contribution in [1.82, 2.24) is 9.62 Å². The van der Waals surface area contributed by atoms with E-state index in [1.807, 2.05) is 0 Å². The summed E-state index contributed by atoms with van der Waals surface area (Å²) in [5, 5.41) is 2.41. The lowest BCUT2D eigenvalue weighted by molar-refractivity contribution is -0.120. The molecule has 0 unspecified atom stereocenters. The predicted octanol–water partition coefficient (Wildman–Crippen LogP) is 0.582. The number of nitrogens with zero attached hydrogens (tertiary/aromatic N) is 1. The van der Waals surface area contributed by atoms with Crippen molar-refractivity contribution in [1.29, 1.82) is 0 Å². The Morgan fingerprint density at radius 3 is 2.39 bits per heavy atom. The average molecular weight is 274 g/mol. The predicted molar refractivity (Wildman–Crippen MR) is 64.9 cm³/mol. The van der Waals surface area contributed by atoms with Crippen LogP contribution in [0.15, 0.2) is 29.2 Å². The maximum atomic E-state index is 12.7. The molecule has 0 heterocycles. The van der Waals surface area contributed by atoms with E-state index in [4.69, 9.17) is 0 Å². The second-order valence-corrected chi connectivity index (χ2v) is 5.75. The van der Waals surface area contributed by atoms with Gasteiger partial charge in [-0.1, -0.05) is 0 Å². The highest BCUT2D eigenvalue weighted by Gasteiger charge is 2.20. The van der Waals surface area contributed by atoms with Crippen LogP contribution in [0.5, 0.6) is 0 Å². The minimum Gasteiger partial charge on any atom is -0.359 e. The lowest BCUT2D eigenvalue weighted by Crippen LogP contribution is -2.31. The first kappa shape index (κ1) is 14.6. The number of nitrogens with one attached hydrogen (secondary N) is 1. The first-order chi connectivity index (χ1) is 8.37. The average Bonchev–Trinajstić information content (AvgIpc) is 2.35. The third-order valence-electron chi connectivity index (χ3n) is 2.45. The molecule has 0 fully saturated rings. The number of halogens is 1. The van der Waals surface area contributed by atoms with E-state index < -0.39 is 15.8 Å². The molecular weight excluding hydrogens is 259 g/mol. The molecule has 0 aliphatic rings. The largest absolute Gasteiger partial charge is 0.359 e. The van der Waals surface area contributed by atoms with Crippen molar-refractivity contribution in [3.63, 3.8) is 0 Å². The van der Waals surface area contributed by atoms with E-state index in [0.717, 1.165) is 16.4 Å². The fourth-order valence-electron chi connectivity index (χ4n) is 1.29. The van der Waals surface area contributed by atoms with Gasteiger partial charge in [0, 0.05) is 27.1 Å². The maximum absolute atomic E-state index is 12.7. The van der Waals surface area contributed by atoms with E-state index in [1.54, 1.807) is 0 Å². The van der Waals surface area contributed by atoms with Crippen LogP contribution >= 0.6 is 0 Å². The quantitative estimate of drug-likeness (QED) is 0.854. The highest BCUT2D eigenvalue weighted by molar-refractivity contribution is 7.89. The number of hydrogen-bond acceptors (Lipinski definition) is 3.